The molecule has 0 aliphatic heterocycles. The molecule has 6 rings (SSSR count). The average Bonchev–Trinajstić information content (AvgIpc) is 1.77. The van der Waals surface area contributed by atoms with E-state index < -0.39 is 77.3 Å². The van der Waals surface area contributed by atoms with Gasteiger partial charge in [-0.3, -0.25) is 9.59 Å². The van der Waals surface area contributed by atoms with Gasteiger partial charge >= 0.3 is 36.3 Å². The zero-order valence-electron chi connectivity index (χ0n) is 51.1. The van der Waals surface area contributed by atoms with Crippen LogP contribution in [-0.4, -0.2) is 110 Å². The maximum Gasteiger partial charge on any atom is 0.408 e. The summed E-state index contributed by atoms with van der Waals surface area (Å²) in [6.07, 6.45) is -1.61. The summed E-state index contributed by atoms with van der Waals surface area (Å²) in [7, 11) is 0. The first kappa shape index (κ1) is 77.2. The van der Waals surface area contributed by atoms with Crippen LogP contribution in [0.1, 0.15) is 123 Å². The van der Waals surface area contributed by atoms with Crippen molar-refractivity contribution in [2.45, 2.75) is 155 Å². The van der Waals surface area contributed by atoms with Crippen LogP contribution in [0.25, 0.3) is 11.1 Å². The Morgan fingerprint density at radius 1 is 0.449 bits per heavy atom. The maximum atomic E-state index is 12.4. The summed E-state index contributed by atoms with van der Waals surface area (Å²) in [5.74, 6) is -2.51. The average molecular weight is 1460 g/mol. The first-order valence-corrected chi connectivity index (χ1v) is 31.7. The van der Waals surface area contributed by atoms with Crippen molar-refractivity contribution >= 4 is 140 Å². The third kappa shape index (κ3) is 29.2. The van der Waals surface area contributed by atoms with Gasteiger partial charge in [-0.15, -0.1) is 0 Å². The smallest absolute Gasteiger partial charge is 0.408 e. The molecular formula is C64H75Cl6IN4O14. The third-order valence-corrected chi connectivity index (χ3v) is 14.2. The van der Waals surface area contributed by atoms with Gasteiger partial charge in [0.05, 0.1) is 12.1 Å². The molecule has 0 saturated carbocycles. The Labute approximate surface area is 563 Å². The minimum Gasteiger partial charge on any atom is -0.480 e. The molecule has 0 bridgehead atoms. The predicted molar refractivity (Wildman–Crippen MR) is 357 cm³/mol. The number of carboxylic acids is 2. The standard InChI is InChI=1S/C24H19Cl2NO4.C16H21Cl2NO3.C14H17Cl2NO4.C10H18INO3/c25-15-9-14(10-16(26)12-15)11-22(23(28)29)27-24(30)31-13-21-19-7-3-1-5-17(19)18-6-2-4-8-20(18)21;1-5-14(20)13(19-15(21)22-16(2,3)4)8-10-6-11(17)9-12(18)7-10;1-14(2,3)21-13(20)17-11(12(18)19)6-8-4-9(15)7-10(16)5-8;1-5-8(13)7(6-11)12-9(14)15-10(2,3)4/h1-10,12,21-22H,11,13H2,(H,27,30)(H,28,29);6-7,9,13H,5,8H2,1-4H3,(H,19,21);4-5,7,11H,6H2,1-3H3,(H,17,20)(H,18,19);7H,5-6H2,1-4H3,(H,12,14)/t22-;13-;11-;7-/m0000/s1. The van der Waals surface area contributed by atoms with Gasteiger partial charge in [0.2, 0.25) is 0 Å². The van der Waals surface area contributed by atoms with Gasteiger partial charge in [-0.05, 0) is 162 Å². The minimum atomic E-state index is -1.18. The van der Waals surface area contributed by atoms with Crippen LogP contribution in [0.2, 0.25) is 30.1 Å². The molecule has 18 nitrogen and oxygen atoms in total. The number of alkyl halides is 1. The molecule has 6 N–H and O–H groups in total. The number of ketones is 2. The zero-order chi connectivity index (χ0) is 67.1. The van der Waals surface area contributed by atoms with Gasteiger partial charge < -0.3 is 50.4 Å². The molecule has 0 saturated heterocycles. The summed E-state index contributed by atoms with van der Waals surface area (Å²) in [6, 6.07) is 27.2. The van der Waals surface area contributed by atoms with Crippen LogP contribution < -0.4 is 21.3 Å². The summed E-state index contributed by atoms with van der Waals surface area (Å²) in [6.45, 7) is 19.4. The first-order chi connectivity index (χ1) is 41.4. The number of carbonyl (C=O) groups is 8. The van der Waals surface area contributed by atoms with Crippen molar-refractivity contribution in [2.75, 3.05) is 11.0 Å². The van der Waals surface area contributed by atoms with E-state index in [2.05, 4.69) is 43.9 Å². The number of nitrogens with one attached hydrogen (secondary N) is 4. The van der Waals surface area contributed by atoms with E-state index in [0.29, 0.717) is 65.0 Å². The number of hydrogen-bond acceptors (Lipinski definition) is 12. The molecule has 25 heteroatoms. The molecule has 1 aliphatic carbocycles. The van der Waals surface area contributed by atoms with Gasteiger partial charge in [-0.25, -0.2) is 28.8 Å². The highest BCUT2D eigenvalue weighted by molar-refractivity contribution is 14.1. The number of carboxylic acid groups (broad SMARTS) is 2. The molecular weight excluding hydrogens is 1390 g/mol. The number of Topliss-reactive ketones (excluding diaryl/α,β-unsaturated/α-hetero) is 2. The fourth-order valence-electron chi connectivity index (χ4n) is 8.37. The lowest BCUT2D eigenvalue weighted by atomic mass is 9.98. The number of aliphatic carboxylic acids is 2. The van der Waals surface area contributed by atoms with E-state index in [1.807, 2.05) is 48.5 Å². The fourth-order valence-corrected chi connectivity index (χ4v) is 10.8. The number of ether oxygens (including phenoxy) is 4. The largest absolute Gasteiger partial charge is 0.480 e. The quantitative estimate of drug-likeness (QED) is 0.0255. The minimum absolute atomic E-state index is 0.0234. The highest BCUT2D eigenvalue weighted by Crippen LogP contribution is 2.44. The molecule has 4 amide bonds. The van der Waals surface area contributed by atoms with Crippen molar-refractivity contribution < 1.29 is 67.5 Å². The molecule has 0 aromatic heterocycles. The molecule has 1 aliphatic rings. The van der Waals surface area contributed by atoms with Gasteiger partial charge in [0.15, 0.2) is 11.6 Å². The van der Waals surface area contributed by atoms with Crippen molar-refractivity contribution in [1.82, 2.24) is 21.3 Å². The number of amides is 4. The second kappa shape index (κ2) is 36.1. The van der Waals surface area contributed by atoms with Gasteiger partial charge in [0.1, 0.15) is 35.5 Å². The molecule has 0 radical (unpaired) electrons. The van der Waals surface area contributed by atoms with E-state index in [9.17, 15) is 48.6 Å². The molecule has 0 fully saturated rings. The summed E-state index contributed by atoms with van der Waals surface area (Å²) < 4.78 is 21.3. The molecule has 4 atom stereocenters. The summed E-state index contributed by atoms with van der Waals surface area (Å²) in [5, 5.41) is 31.2. The van der Waals surface area contributed by atoms with E-state index >= 15 is 0 Å². The van der Waals surface area contributed by atoms with Crippen LogP contribution in [-0.2, 0) is 57.4 Å². The second-order valence-electron chi connectivity index (χ2n) is 23.0. The lowest BCUT2D eigenvalue weighted by Gasteiger charge is -2.23. The Balaban J connectivity index is 0.000000321. The van der Waals surface area contributed by atoms with Crippen molar-refractivity contribution in [3.8, 4) is 11.1 Å². The van der Waals surface area contributed by atoms with E-state index in [1.54, 1.807) is 131 Å². The highest BCUT2D eigenvalue weighted by atomic mass is 127. The lowest BCUT2D eigenvalue weighted by Crippen LogP contribution is -2.44. The summed E-state index contributed by atoms with van der Waals surface area (Å²) in [5.41, 5.74) is 4.53. The normalized spacial score (nSPS) is 12.9. The molecule has 484 valence electrons. The Bertz CT molecular complexity index is 3170. The zero-order valence-corrected chi connectivity index (χ0v) is 57.8. The van der Waals surface area contributed by atoms with Crippen molar-refractivity contribution in [3.63, 3.8) is 0 Å². The SMILES string of the molecule is CC(C)(C)OC(=O)N[C@@H](Cc1cc(Cl)cc(Cl)c1)C(=O)O.CCC(=O)[C@H](CI)NC(=O)OC(C)(C)C.CCC(=O)[C@H](Cc1cc(Cl)cc(Cl)c1)NC(=O)OC(C)(C)C.O=C(N[C@@H](Cc1cc(Cl)cc(Cl)c1)C(=O)O)OCC1c2ccccc2-c2ccccc21. The Morgan fingerprint density at radius 3 is 1.03 bits per heavy atom. The number of fused-ring (bicyclic) bond motifs is 3. The van der Waals surface area contributed by atoms with E-state index in [-0.39, 0.29) is 36.9 Å². The van der Waals surface area contributed by atoms with Crippen molar-refractivity contribution in [3.05, 3.63) is 161 Å². The van der Waals surface area contributed by atoms with Crippen LogP contribution in [0.4, 0.5) is 19.2 Å². The summed E-state index contributed by atoms with van der Waals surface area (Å²) in [4.78, 5) is 93.6. The molecule has 0 heterocycles. The van der Waals surface area contributed by atoms with Gasteiger partial charge in [-0.1, -0.05) is 155 Å². The Kier molecular flexibility index (Phi) is 31.3. The van der Waals surface area contributed by atoms with E-state index in [4.69, 9.17) is 88.6 Å². The van der Waals surface area contributed by atoms with E-state index in [1.165, 1.54) is 0 Å². The van der Waals surface area contributed by atoms with Crippen LogP contribution >= 0.6 is 92.2 Å². The first-order valence-electron chi connectivity index (χ1n) is 27.9. The molecule has 0 spiro atoms. The predicted octanol–water partition coefficient (Wildman–Crippen LogP) is 15.7. The van der Waals surface area contributed by atoms with Crippen LogP contribution in [0, 0.1) is 0 Å². The van der Waals surface area contributed by atoms with Crippen LogP contribution in [0.5, 0.6) is 0 Å². The van der Waals surface area contributed by atoms with Gasteiger partial charge in [-0.2, -0.15) is 0 Å². The van der Waals surface area contributed by atoms with Crippen LogP contribution in [0.15, 0.2) is 103 Å². The van der Waals surface area contributed by atoms with Crippen molar-refractivity contribution in [1.29, 1.82) is 0 Å². The molecule has 89 heavy (non-hydrogen) atoms. The number of halogens is 7. The third-order valence-electron chi connectivity index (χ3n) is 12.0. The molecule has 0 unspecified atom stereocenters. The Morgan fingerprint density at radius 2 is 0.730 bits per heavy atom. The number of rotatable bonds is 19. The van der Waals surface area contributed by atoms with Gasteiger partial charge in [0.25, 0.3) is 0 Å². The fraction of sp³-hybridized carbons (Fsp3) is 0.406. The molecule has 5 aromatic carbocycles. The maximum absolute atomic E-state index is 12.4. The van der Waals surface area contributed by atoms with Gasteiger partial charge in [0, 0.05) is 66.2 Å². The number of benzene rings is 5. The topological polar surface area (TPSA) is 262 Å². The van der Waals surface area contributed by atoms with Crippen molar-refractivity contribution in [2.24, 2.45) is 0 Å². The molecule has 5 aromatic rings. The highest BCUT2D eigenvalue weighted by Gasteiger charge is 2.31. The number of hydrogen-bond donors (Lipinski definition) is 6. The summed E-state index contributed by atoms with van der Waals surface area (Å²) >= 11 is 37.7. The second-order valence-corrected chi connectivity index (χ2v) is 26.5. The van der Waals surface area contributed by atoms with Crippen LogP contribution in [0.3, 0.4) is 0 Å². The van der Waals surface area contributed by atoms with E-state index in [0.717, 1.165) is 27.8 Å². The number of alkyl carbamates (subject to hydrolysis) is 4. The number of carbonyl (C=O) groups excluding carboxylic acids is 6. The lowest BCUT2D eigenvalue weighted by molar-refractivity contribution is -0.140. The monoisotopic (exact) mass is 1460 g/mol. The Hall–Kier alpha value is -6.07.